The summed E-state index contributed by atoms with van der Waals surface area (Å²) in [7, 11) is 1.91. The van der Waals surface area contributed by atoms with Crippen LogP contribution in [0.3, 0.4) is 0 Å². The van der Waals surface area contributed by atoms with Crippen molar-refractivity contribution in [3.05, 3.63) is 0 Å². The summed E-state index contributed by atoms with van der Waals surface area (Å²) in [5, 5.41) is 9.07. The highest BCUT2D eigenvalue weighted by atomic mass is 16.5. The molecule has 4 nitrogen and oxygen atoms in total. The van der Waals surface area contributed by atoms with Crippen molar-refractivity contribution < 1.29 is 14.6 Å². The molecule has 0 aromatic heterocycles. The van der Waals surface area contributed by atoms with Crippen LogP contribution in [0.4, 0.5) is 0 Å². The van der Waals surface area contributed by atoms with Crippen molar-refractivity contribution in [2.24, 2.45) is 0 Å². The molecule has 1 N–H and O–H groups in total. The number of carbonyl (C=O) groups is 1. The molecule has 2 unspecified atom stereocenters. The topological polar surface area (TPSA) is 49.8 Å². The molecule has 0 aliphatic carbocycles. The monoisotopic (exact) mass is 215 g/mol. The maximum Gasteiger partial charge on any atom is 0.320 e. The fourth-order valence-corrected chi connectivity index (χ4v) is 2.19. The van der Waals surface area contributed by atoms with Gasteiger partial charge in [-0.2, -0.15) is 0 Å². The van der Waals surface area contributed by atoms with E-state index in [9.17, 15) is 4.79 Å². The van der Waals surface area contributed by atoms with Gasteiger partial charge in [-0.05, 0) is 32.7 Å². The molecule has 1 rings (SSSR count). The van der Waals surface area contributed by atoms with E-state index >= 15 is 0 Å². The zero-order valence-electron chi connectivity index (χ0n) is 9.61. The van der Waals surface area contributed by atoms with E-state index in [0.29, 0.717) is 12.5 Å². The molecule has 1 aliphatic heterocycles. The Balaban J connectivity index is 2.55. The van der Waals surface area contributed by atoms with Crippen LogP contribution >= 0.6 is 0 Å². The normalized spacial score (nSPS) is 24.9. The zero-order chi connectivity index (χ0) is 11.3. The molecule has 0 bridgehead atoms. The number of hydrogen-bond donors (Lipinski definition) is 1. The van der Waals surface area contributed by atoms with Crippen LogP contribution in [0.1, 0.15) is 32.6 Å². The third kappa shape index (κ3) is 3.47. The van der Waals surface area contributed by atoms with Gasteiger partial charge in [-0.15, -0.1) is 0 Å². The quantitative estimate of drug-likeness (QED) is 0.769. The Bertz CT molecular complexity index is 200. The Morgan fingerprint density at radius 2 is 2.27 bits per heavy atom. The summed E-state index contributed by atoms with van der Waals surface area (Å²) in [5.41, 5.74) is 0. The molecule has 0 saturated carbocycles. The van der Waals surface area contributed by atoms with Crippen molar-refractivity contribution in [3.8, 4) is 0 Å². The van der Waals surface area contributed by atoms with E-state index in [1.165, 1.54) is 0 Å². The number of likely N-dealkylation sites (N-methyl/N-ethyl adjacent to an activating group) is 1. The van der Waals surface area contributed by atoms with Gasteiger partial charge in [0.1, 0.15) is 6.04 Å². The maximum atomic E-state index is 11.0. The van der Waals surface area contributed by atoms with Crippen LogP contribution in [-0.4, -0.2) is 48.3 Å². The highest BCUT2D eigenvalue weighted by molar-refractivity contribution is 5.73. The van der Waals surface area contributed by atoms with Crippen molar-refractivity contribution in [2.45, 2.75) is 44.7 Å². The lowest BCUT2D eigenvalue weighted by Gasteiger charge is -2.31. The summed E-state index contributed by atoms with van der Waals surface area (Å²) >= 11 is 0. The van der Waals surface area contributed by atoms with Crippen molar-refractivity contribution in [2.75, 3.05) is 20.3 Å². The van der Waals surface area contributed by atoms with Crippen LogP contribution in [0.15, 0.2) is 0 Å². The van der Waals surface area contributed by atoms with Gasteiger partial charge in [0.2, 0.25) is 0 Å². The lowest BCUT2D eigenvalue weighted by Crippen LogP contribution is -2.44. The Morgan fingerprint density at radius 3 is 2.87 bits per heavy atom. The number of aliphatic carboxylic acids is 1. The average molecular weight is 215 g/mol. The second-order valence-corrected chi connectivity index (χ2v) is 4.12. The minimum absolute atomic E-state index is 0.354. The lowest BCUT2D eigenvalue weighted by atomic mass is 10.0. The van der Waals surface area contributed by atoms with Gasteiger partial charge in [0.05, 0.1) is 0 Å². The Kier molecular flexibility index (Phi) is 5.05. The zero-order valence-corrected chi connectivity index (χ0v) is 9.61. The summed E-state index contributed by atoms with van der Waals surface area (Å²) in [6.45, 7) is 3.49. The first-order valence-electron chi connectivity index (χ1n) is 5.69. The second kappa shape index (κ2) is 6.08. The molecule has 0 aromatic carbocycles. The van der Waals surface area contributed by atoms with E-state index in [1.807, 2.05) is 18.9 Å². The fraction of sp³-hybridized carbons (Fsp3) is 0.909. The highest BCUT2D eigenvalue weighted by Gasteiger charge is 2.27. The van der Waals surface area contributed by atoms with Gasteiger partial charge in [0.25, 0.3) is 0 Å². The number of nitrogens with zero attached hydrogens (tertiary/aromatic N) is 1. The molecule has 0 radical (unpaired) electrons. The number of hydrogen-bond acceptors (Lipinski definition) is 3. The molecule has 4 heteroatoms. The number of ether oxygens (including phenoxy) is 1. The first-order chi connectivity index (χ1) is 7.16. The van der Waals surface area contributed by atoms with E-state index in [-0.39, 0.29) is 6.04 Å². The van der Waals surface area contributed by atoms with Crippen molar-refractivity contribution in [3.63, 3.8) is 0 Å². The minimum Gasteiger partial charge on any atom is -0.480 e. The third-order valence-corrected chi connectivity index (χ3v) is 3.16. The van der Waals surface area contributed by atoms with Crippen molar-refractivity contribution in [1.82, 2.24) is 4.90 Å². The van der Waals surface area contributed by atoms with E-state index in [2.05, 4.69) is 0 Å². The summed E-state index contributed by atoms with van der Waals surface area (Å²) in [6, 6.07) is 0.00153. The molecule has 1 saturated heterocycles. The SMILES string of the molecule is CCC(C(=O)O)N(C)C1CCCOCC1. The second-order valence-electron chi connectivity index (χ2n) is 4.12. The van der Waals surface area contributed by atoms with E-state index in [4.69, 9.17) is 9.84 Å². The highest BCUT2D eigenvalue weighted by Crippen LogP contribution is 2.17. The fourth-order valence-electron chi connectivity index (χ4n) is 2.19. The Labute approximate surface area is 91.2 Å². The smallest absolute Gasteiger partial charge is 0.320 e. The summed E-state index contributed by atoms with van der Waals surface area (Å²) < 4.78 is 5.37. The van der Waals surface area contributed by atoms with Crippen LogP contribution in [0, 0.1) is 0 Å². The Hall–Kier alpha value is -0.610. The van der Waals surface area contributed by atoms with Crippen LogP contribution in [0.25, 0.3) is 0 Å². The molecule has 15 heavy (non-hydrogen) atoms. The Morgan fingerprint density at radius 1 is 1.53 bits per heavy atom. The summed E-state index contributed by atoms with van der Waals surface area (Å²) in [6.07, 6.45) is 3.68. The van der Waals surface area contributed by atoms with Gasteiger partial charge in [-0.3, -0.25) is 9.69 Å². The van der Waals surface area contributed by atoms with Gasteiger partial charge < -0.3 is 9.84 Å². The van der Waals surface area contributed by atoms with Crippen LogP contribution in [-0.2, 0) is 9.53 Å². The first-order valence-corrected chi connectivity index (χ1v) is 5.69. The minimum atomic E-state index is -0.717. The van der Waals surface area contributed by atoms with Crippen molar-refractivity contribution in [1.29, 1.82) is 0 Å². The lowest BCUT2D eigenvalue weighted by molar-refractivity contribution is -0.143. The number of carboxylic acids is 1. The van der Waals surface area contributed by atoms with E-state index in [0.717, 1.165) is 32.5 Å². The largest absolute Gasteiger partial charge is 0.480 e. The predicted molar refractivity (Wildman–Crippen MR) is 57.9 cm³/mol. The molecular weight excluding hydrogens is 194 g/mol. The molecule has 0 amide bonds. The number of carboxylic acid groups (broad SMARTS) is 1. The molecule has 1 aliphatic rings. The average Bonchev–Trinajstić information content (AvgIpc) is 2.45. The molecule has 1 fully saturated rings. The van der Waals surface area contributed by atoms with Crippen LogP contribution < -0.4 is 0 Å². The third-order valence-electron chi connectivity index (χ3n) is 3.16. The molecule has 0 aromatic rings. The van der Waals surface area contributed by atoms with Gasteiger partial charge in [0.15, 0.2) is 0 Å². The molecule has 2 atom stereocenters. The van der Waals surface area contributed by atoms with Gasteiger partial charge in [-0.1, -0.05) is 6.92 Å². The maximum absolute atomic E-state index is 11.0. The first kappa shape index (κ1) is 12.5. The number of rotatable bonds is 4. The van der Waals surface area contributed by atoms with Gasteiger partial charge >= 0.3 is 5.97 Å². The van der Waals surface area contributed by atoms with Crippen molar-refractivity contribution >= 4 is 5.97 Å². The molecule has 88 valence electrons. The standard InChI is InChI=1S/C11H21NO3/c1-3-10(11(13)14)12(2)9-5-4-7-15-8-6-9/h9-10H,3-8H2,1-2H3,(H,13,14). The molecular formula is C11H21NO3. The van der Waals surface area contributed by atoms with Crippen LogP contribution in [0.5, 0.6) is 0 Å². The van der Waals surface area contributed by atoms with E-state index < -0.39 is 5.97 Å². The van der Waals surface area contributed by atoms with Crippen LogP contribution in [0.2, 0.25) is 0 Å². The molecule has 1 heterocycles. The molecule has 0 spiro atoms. The van der Waals surface area contributed by atoms with E-state index in [1.54, 1.807) is 0 Å². The predicted octanol–water partition coefficient (Wildman–Crippen LogP) is 1.35. The van der Waals surface area contributed by atoms with Gasteiger partial charge in [0, 0.05) is 19.3 Å². The summed E-state index contributed by atoms with van der Waals surface area (Å²) in [5.74, 6) is -0.717. The summed E-state index contributed by atoms with van der Waals surface area (Å²) in [4.78, 5) is 13.0. The van der Waals surface area contributed by atoms with Gasteiger partial charge in [-0.25, -0.2) is 0 Å².